The molecule has 0 radical (unpaired) electrons. The van der Waals surface area contributed by atoms with Crippen LogP contribution in [-0.2, 0) is 0 Å². The summed E-state index contributed by atoms with van der Waals surface area (Å²) in [5.41, 5.74) is 14.3. The minimum absolute atomic E-state index is 0.337. The summed E-state index contributed by atoms with van der Waals surface area (Å²) >= 11 is 0. The average Bonchev–Trinajstić information content (AvgIpc) is 2.70. The molecular weight excluding hydrogens is 360 g/mol. The summed E-state index contributed by atoms with van der Waals surface area (Å²) in [5, 5.41) is 0. The van der Waals surface area contributed by atoms with Gasteiger partial charge in [0.1, 0.15) is 5.82 Å². The van der Waals surface area contributed by atoms with Crippen LogP contribution in [0, 0.1) is 0 Å². The van der Waals surface area contributed by atoms with Gasteiger partial charge in [0, 0.05) is 30.5 Å². The molecule has 0 aliphatic heterocycles. The molecule has 0 atom stereocenters. The lowest BCUT2D eigenvalue weighted by Gasteiger charge is -2.03. The van der Waals surface area contributed by atoms with Crippen LogP contribution in [0.1, 0.15) is 76.1 Å². The number of hydrogen-bond donors (Lipinski definition) is 2. The molecule has 0 aliphatic rings. The van der Waals surface area contributed by atoms with Gasteiger partial charge in [-0.05, 0) is 53.1 Å². The first-order valence-corrected chi connectivity index (χ1v) is 9.90. The van der Waals surface area contributed by atoms with Gasteiger partial charge in [0.2, 0.25) is 5.95 Å². The van der Waals surface area contributed by atoms with Gasteiger partial charge < -0.3 is 11.5 Å². The van der Waals surface area contributed by atoms with Gasteiger partial charge in [-0.15, -0.1) is 0 Å². The maximum atomic E-state index is 5.49. The van der Waals surface area contributed by atoms with E-state index in [-0.39, 0.29) is 0 Å². The number of pyridine rings is 2. The average molecular weight is 395 g/mol. The standard InChI is InChI=1S/C8H12N2.C8H11N.C7H11N3/c1-6(2)7-3-4-10-8(9)5-7;1-7(2)8-5-3-4-6-9-8;1-5(2)6-3-9-7(8)10-4-6/h3-6H,1-2H3,(H2,9,10);3-7H,1-2H3;3-5H,1-2H3,(H2,8,9,10). The quantitative estimate of drug-likeness (QED) is 0.635. The van der Waals surface area contributed by atoms with E-state index in [1.807, 2.05) is 36.5 Å². The molecule has 156 valence electrons. The van der Waals surface area contributed by atoms with Crippen LogP contribution in [0.5, 0.6) is 0 Å². The summed E-state index contributed by atoms with van der Waals surface area (Å²) in [7, 11) is 0. The monoisotopic (exact) mass is 394 g/mol. The second-order valence-electron chi connectivity index (χ2n) is 7.61. The molecule has 6 heteroatoms. The Labute approximate surface area is 174 Å². The molecule has 0 spiro atoms. The third-order valence-corrected chi connectivity index (χ3v) is 4.11. The lowest BCUT2D eigenvalue weighted by Crippen LogP contribution is -1.96. The minimum atomic E-state index is 0.337. The summed E-state index contributed by atoms with van der Waals surface area (Å²) in [6.07, 6.45) is 7.08. The number of hydrogen-bond acceptors (Lipinski definition) is 6. The van der Waals surface area contributed by atoms with Crippen molar-refractivity contribution in [2.45, 2.75) is 59.3 Å². The van der Waals surface area contributed by atoms with Crippen molar-refractivity contribution in [1.82, 2.24) is 19.9 Å². The van der Waals surface area contributed by atoms with Crippen LogP contribution in [0.4, 0.5) is 11.8 Å². The van der Waals surface area contributed by atoms with Gasteiger partial charge in [-0.2, -0.15) is 0 Å². The molecule has 0 aromatic carbocycles. The molecule has 3 aromatic heterocycles. The fourth-order valence-electron chi connectivity index (χ4n) is 2.19. The van der Waals surface area contributed by atoms with Crippen molar-refractivity contribution in [2.75, 3.05) is 11.5 Å². The van der Waals surface area contributed by atoms with E-state index in [9.17, 15) is 0 Å². The van der Waals surface area contributed by atoms with Gasteiger partial charge in [-0.1, -0.05) is 47.6 Å². The van der Waals surface area contributed by atoms with Gasteiger partial charge in [0.05, 0.1) is 0 Å². The zero-order valence-corrected chi connectivity index (χ0v) is 18.4. The molecule has 3 aromatic rings. The Hall–Kier alpha value is -3.02. The molecule has 0 fully saturated rings. The van der Waals surface area contributed by atoms with Gasteiger partial charge in [-0.25, -0.2) is 15.0 Å². The van der Waals surface area contributed by atoms with Crippen molar-refractivity contribution in [3.63, 3.8) is 0 Å². The zero-order valence-electron chi connectivity index (χ0n) is 18.4. The van der Waals surface area contributed by atoms with Gasteiger partial charge in [-0.3, -0.25) is 4.98 Å². The van der Waals surface area contributed by atoms with Gasteiger partial charge >= 0.3 is 0 Å². The van der Waals surface area contributed by atoms with Crippen LogP contribution in [0.3, 0.4) is 0 Å². The topological polar surface area (TPSA) is 104 Å². The summed E-state index contributed by atoms with van der Waals surface area (Å²) in [4.78, 5) is 15.8. The van der Waals surface area contributed by atoms with E-state index in [0.29, 0.717) is 29.5 Å². The Balaban J connectivity index is 0.000000218. The predicted molar refractivity (Wildman–Crippen MR) is 122 cm³/mol. The molecule has 0 aliphatic carbocycles. The van der Waals surface area contributed by atoms with E-state index in [4.69, 9.17) is 11.5 Å². The highest BCUT2D eigenvalue weighted by molar-refractivity contribution is 5.33. The second-order valence-corrected chi connectivity index (χ2v) is 7.61. The first-order valence-electron chi connectivity index (χ1n) is 9.90. The Morgan fingerprint density at radius 2 is 1.28 bits per heavy atom. The fourth-order valence-corrected chi connectivity index (χ4v) is 2.19. The number of nitrogens with two attached hydrogens (primary N) is 2. The first kappa shape index (κ1) is 24.0. The zero-order chi connectivity index (χ0) is 21.8. The van der Waals surface area contributed by atoms with Crippen molar-refractivity contribution in [1.29, 1.82) is 0 Å². The Morgan fingerprint density at radius 1 is 0.655 bits per heavy atom. The summed E-state index contributed by atoms with van der Waals surface area (Å²) in [6, 6.07) is 9.89. The molecule has 3 heterocycles. The molecule has 6 nitrogen and oxygen atoms in total. The van der Waals surface area contributed by atoms with Crippen molar-refractivity contribution in [3.8, 4) is 0 Å². The maximum absolute atomic E-state index is 5.49. The largest absolute Gasteiger partial charge is 0.384 e. The smallest absolute Gasteiger partial charge is 0.219 e. The highest BCUT2D eigenvalue weighted by atomic mass is 15.0. The molecule has 0 amide bonds. The van der Waals surface area contributed by atoms with Gasteiger partial charge in [0.25, 0.3) is 0 Å². The third kappa shape index (κ3) is 9.65. The second kappa shape index (κ2) is 12.4. The Kier molecular flexibility index (Phi) is 10.3. The van der Waals surface area contributed by atoms with Crippen LogP contribution in [0.2, 0.25) is 0 Å². The number of aromatic nitrogens is 4. The van der Waals surface area contributed by atoms with E-state index in [1.54, 1.807) is 18.6 Å². The Morgan fingerprint density at radius 3 is 1.66 bits per heavy atom. The molecule has 0 bridgehead atoms. The summed E-state index contributed by atoms with van der Waals surface area (Å²) in [6.45, 7) is 12.7. The van der Waals surface area contributed by atoms with Crippen molar-refractivity contribution in [3.05, 3.63) is 71.9 Å². The number of nitrogens with zero attached hydrogens (tertiary/aromatic N) is 4. The van der Waals surface area contributed by atoms with Crippen LogP contribution < -0.4 is 11.5 Å². The Bertz CT molecular complexity index is 814. The van der Waals surface area contributed by atoms with Crippen LogP contribution in [0.25, 0.3) is 0 Å². The first-order chi connectivity index (χ1) is 13.7. The lowest BCUT2D eigenvalue weighted by molar-refractivity contribution is 0.823. The molecule has 29 heavy (non-hydrogen) atoms. The van der Waals surface area contributed by atoms with E-state index in [0.717, 1.165) is 11.3 Å². The highest BCUT2D eigenvalue weighted by Crippen LogP contribution is 2.14. The predicted octanol–water partition coefficient (Wildman–Crippen LogP) is 5.17. The summed E-state index contributed by atoms with van der Waals surface area (Å²) in [5.74, 6) is 2.49. The van der Waals surface area contributed by atoms with E-state index >= 15 is 0 Å². The normalized spacial score (nSPS) is 10.2. The van der Waals surface area contributed by atoms with E-state index in [2.05, 4.69) is 61.5 Å². The number of anilines is 2. The molecule has 3 rings (SSSR count). The lowest BCUT2D eigenvalue weighted by atomic mass is 10.1. The maximum Gasteiger partial charge on any atom is 0.219 e. The molecule has 0 saturated heterocycles. The highest BCUT2D eigenvalue weighted by Gasteiger charge is 1.98. The van der Waals surface area contributed by atoms with E-state index < -0.39 is 0 Å². The third-order valence-electron chi connectivity index (χ3n) is 4.11. The number of nitrogen functional groups attached to an aromatic ring is 2. The van der Waals surface area contributed by atoms with Crippen molar-refractivity contribution in [2.24, 2.45) is 0 Å². The molecule has 4 N–H and O–H groups in total. The minimum Gasteiger partial charge on any atom is -0.384 e. The summed E-state index contributed by atoms with van der Waals surface area (Å²) < 4.78 is 0. The number of rotatable bonds is 3. The van der Waals surface area contributed by atoms with Crippen molar-refractivity contribution < 1.29 is 0 Å². The van der Waals surface area contributed by atoms with Crippen LogP contribution >= 0.6 is 0 Å². The van der Waals surface area contributed by atoms with E-state index in [1.165, 1.54) is 5.56 Å². The van der Waals surface area contributed by atoms with Gasteiger partial charge in [0.15, 0.2) is 0 Å². The molecular formula is C23H34N6. The molecule has 0 saturated carbocycles. The molecule has 0 unspecified atom stereocenters. The van der Waals surface area contributed by atoms with Crippen LogP contribution in [-0.4, -0.2) is 19.9 Å². The fraction of sp³-hybridized carbons (Fsp3) is 0.391. The SMILES string of the molecule is CC(C)c1ccccn1.CC(C)c1ccnc(N)c1.CC(C)c1cnc(N)nc1. The van der Waals surface area contributed by atoms with Crippen molar-refractivity contribution >= 4 is 11.8 Å². The van der Waals surface area contributed by atoms with Crippen LogP contribution in [0.15, 0.2) is 55.1 Å².